The maximum atomic E-state index is 12.6. The first-order chi connectivity index (χ1) is 13.1. The van der Waals surface area contributed by atoms with E-state index >= 15 is 0 Å². The molecule has 0 saturated carbocycles. The van der Waals surface area contributed by atoms with Gasteiger partial charge >= 0.3 is 6.18 Å². The van der Waals surface area contributed by atoms with Crippen molar-refractivity contribution in [2.24, 2.45) is 11.8 Å². The van der Waals surface area contributed by atoms with Gasteiger partial charge in [0.05, 0.1) is 28.3 Å². The average Bonchev–Trinajstić information content (AvgIpc) is 2.85. The number of benzene rings is 1. The van der Waals surface area contributed by atoms with Crippen LogP contribution in [-0.4, -0.2) is 48.6 Å². The number of rotatable bonds is 3. The molecule has 0 radical (unpaired) electrons. The van der Waals surface area contributed by atoms with Crippen LogP contribution in [0.1, 0.15) is 18.4 Å². The number of imide groups is 1. The first kappa shape index (κ1) is 19.1. The number of amides is 2. The van der Waals surface area contributed by atoms with Crippen molar-refractivity contribution in [1.82, 2.24) is 9.21 Å². The highest BCUT2D eigenvalue weighted by Crippen LogP contribution is 2.38. The molecule has 2 heterocycles. The van der Waals surface area contributed by atoms with Crippen molar-refractivity contribution in [3.05, 3.63) is 42.0 Å². The number of likely N-dealkylation sites (tertiary alicyclic amines) is 1. The summed E-state index contributed by atoms with van der Waals surface area (Å²) >= 11 is 0. The third-order valence-corrected chi connectivity index (χ3v) is 7.40. The van der Waals surface area contributed by atoms with Gasteiger partial charge in [-0.25, -0.2) is 8.42 Å². The van der Waals surface area contributed by atoms with Crippen molar-refractivity contribution in [2.45, 2.75) is 30.0 Å². The normalized spacial score (nSPS) is 26.5. The fraction of sp³-hybridized carbons (Fsp3) is 0.444. The summed E-state index contributed by atoms with van der Waals surface area (Å²) in [6.45, 7) is -0.0958. The van der Waals surface area contributed by atoms with Gasteiger partial charge < -0.3 is 0 Å². The first-order valence-corrected chi connectivity index (χ1v) is 10.2. The summed E-state index contributed by atoms with van der Waals surface area (Å²) in [5, 5.41) is 0. The Hall–Kier alpha value is -2.20. The van der Waals surface area contributed by atoms with E-state index in [-0.39, 0.29) is 41.6 Å². The van der Waals surface area contributed by atoms with E-state index in [0.717, 1.165) is 28.6 Å². The zero-order valence-corrected chi connectivity index (χ0v) is 15.4. The van der Waals surface area contributed by atoms with Crippen molar-refractivity contribution in [1.29, 1.82) is 0 Å². The molecule has 10 heteroatoms. The van der Waals surface area contributed by atoms with Crippen LogP contribution in [0.5, 0.6) is 0 Å². The van der Waals surface area contributed by atoms with Crippen LogP contribution in [0.15, 0.2) is 41.3 Å². The molecule has 2 saturated heterocycles. The Bertz CT molecular complexity index is 924. The predicted molar refractivity (Wildman–Crippen MR) is 91.2 cm³/mol. The second-order valence-electron chi connectivity index (χ2n) is 7.20. The van der Waals surface area contributed by atoms with Crippen LogP contribution in [0.25, 0.3) is 0 Å². The minimum absolute atomic E-state index is 0.0479. The number of hydrogen-bond acceptors (Lipinski definition) is 4. The Morgan fingerprint density at radius 2 is 1.39 bits per heavy atom. The Kier molecular flexibility index (Phi) is 4.38. The number of fused-ring (bicyclic) bond motifs is 1. The van der Waals surface area contributed by atoms with Crippen LogP contribution in [0.2, 0.25) is 0 Å². The van der Waals surface area contributed by atoms with E-state index in [1.54, 1.807) is 0 Å². The molecule has 3 aliphatic rings. The van der Waals surface area contributed by atoms with E-state index < -0.39 is 27.8 Å². The van der Waals surface area contributed by atoms with Crippen molar-refractivity contribution >= 4 is 21.8 Å². The maximum Gasteiger partial charge on any atom is 0.416 e. The van der Waals surface area contributed by atoms with Crippen LogP contribution in [0.3, 0.4) is 0 Å². The Labute approximate surface area is 159 Å². The largest absolute Gasteiger partial charge is 0.416 e. The zero-order chi connectivity index (χ0) is 20.3. The quantitative estimate of drug-likeness (QED) is 0.560. The fourth-order valence-corrected chi connectivity index (χ4v) is 5.44. The predicted octanol–water partition coefficient (Wildman–Crippen LogP) is 2.03. The number of allylic oxidation sites excluding steroid dienone is 2. The van der Waals surface area contributed by atoms with Crippen LogP contribution in [0, 0.1) is 11.8 Å². The third kappa shape index (κ3) is 2.95. The van der Waals surface area contributed by atoms with Gasteiger partial charge in [-0.3, -0.25) is 14.5 Å². The van der Waals surface area contributed by atoms with Gasteiger partial charge in [-0.2, -0.15) is 17.5 Å². The molecule has 2 atom stereocenters. The lowest BCUT2D eigenvalue weighted by Gasteiger charge is -2.42. The highest BCUT2D eigenvalue weighted by Gasteiger charge is 2.53. The number of carbonyl (C=O) groups is 2. The molecule has 2 fully saturated rings. The van der Waals surface area contributed by atoms with E-state index in [4.69, 9.17) is 0 Å². The van der Waals surface area contributed by atoms with Gasteiger partial charge in [-0.1, -0.05) is 12.2 Å². The van der Waals surface area contributed by atoms with Crippen molar-refractivity contribution in [3.63, 3.8) is 0 Å². The van der Waals surface area contributed by atoms with Gasteiger partial charge in [0, 0.05) is 13.1 Å². The Morgan fingerprint density at radius 3 is 1.86 bits per heavy atom. The summed E-state index contributed by atoms with van der Waals surface area (Å²) in [6.07, 6.45) is 0.209. The lowest BCUT2D eigenvalue weighted by atomic mass is 9.85. The second-order valence-corrected chi connectivity index (χ2v) is 9.14. The fourth-order valence-electron chi connectivity index (χ4n) is 3.93. The molecule has 28 heavy (non-hydrogen) atoms. The van der Waals surface area contributed by atoms with Crippen molar-refractivity contribution in [3.8, 4) is 0 Å². The Morgan fingerprint density at radius 1 is 0.893 bits per heavy atom. The monoisotopic (exact) mass is 414 g/mol. The third-order valence-electron chi connectivity index (χ3n) is 5.56. The maximum absolute atomic E-state index is 12.6. The molecular formula is C18H17F3N2O4S. The molecule has 0 bridgehead atoms. The molecule has 150 valence electrons. The minimum Gasteiger partial charge on any atom is -0.276 e. The van der Waals surface area contributed by atoms with Gasteiger partial charge in [0.15, 0.2) is 0 Å². The molecule has 0 N–H and O–H groups in total. The minimum atomic E-state index is -4.55. The average molecular weight is 414 g/mol. The second kappa shape index (κ2) is 6.41. The summed E-state index contributed by atoms with van der Waals surface area (Å²) < 4.78 is 64.2. The first-order valence-electron chi connectivity index (χ1n) is 8.80. The van der Waals surface area contributed by atoms with Gasteiger partial charge in [-0.05, 0) is 37.1 Å². The molecule has 1 aromatic rings. The molecular weight excluding hydrogens is 397 g/mol. The summed E-state index contributed by atoms with van der Waals surface area (Å²) in [4.78, 5) is 26.0. The van der Waals surface area contributed by atoms with Gasteiger partial charge in [0.1, 0.15) is 0 Å². The molecule has 2 amide bonds. The number of carbonyl (C=O) groups excluding carboxylic acids is 2. The summed E-state index contributed by atoms with van der Waals surface area (Å²) in [6, 6.07) is 2.73. The van der Waals surface area contributed by atoms with Gasteiger partial charge in [0.25, 0.3) is 0 Å². The van der Waals surface area contributed by atoms with Crippen molar-refractivity contribution in [2.75, 3.05) is 13.1 Å². The molecule has 2 aliphatic heterocycles. The zero-order valence-electron chi connectivity index (χ0n) is 14.6. The number of nitrogens with zero attached hydrogens (tertiary/aromatic N) is 2. The molecule has 4 rings (SSSR count). The highest BCUT2D eigenvalue weighted by molar-refractivity contribution is 7.89. The lowest BCUT2D eigenvalue weighted by molar-refractivity contribution is -0.145. The van der Waals surface area contributed by atoms with E-state index in [2.05, 4.69) is 0 Å². The van der Waals surface area contributed by atoms with E-state index in [1.165, 1.54) is 4.90 Å². The van der Waals surface area contributed by atoms with Gasteiger partial charge in [0.2, 0.25) is 21.8 Å². The van der Waals surface area contributed by atoms with Crippen LogP contribution >= 0.6 is 0 Å². The van der Waals surface area contributed by atoms with E-state index in [9.17, 15) is 31.2 Å². The number of halogens is 3. The van der Waals surface area contributed by atoms with Crippen LogP contribution < -0.4 is 0 Å². The number of hydrogen-bond donors (Lipinski definition) is 0. The lowest BCUT2D eigenvalue weighted by Crippen LogP contribution is -2.62. The van der Waals surface area contributed by atoms with Crippen LogP contribution in [0.4, 0.5) is 13.2 Å². The van der Waals surface area contributed by atoms with Crippen molar-refractivity contribution < 1.29 is 31.2 Å². The standard InChI is InChI=1S/C18H17F3N2O4S/c19-18(20,21)11-5-7-13(8-6-11)28(26,27)22-9-12(10-22)23-16(24)14-3-1-2-4-15(14)17(23)25/h1-2,5-8,12,14-15H,3-4,9-10H2. The Balaban J connectivity index is 1.46. The molecule has 0 aromatic heterocycles. The summed E-state index contributed by atoms with van der Waals surface area (Å²) in [5.74, 6) is -1.29. The van der Waals surface area contributed by atoms with Gasteiger partial charge in [-0.15, -0.1) is 0 Å². The number of sulfonamides is 1. The molecule has 2 unspecified atom stereocenters. The van der Waals surface area contributed by atoms with E-state index in [0.29, 0.717) is 12.8 Å². The number of alkyl halides is 3. The molecule has 1 aliphatic carbocycles. The van der Waals surface area contributed by atoms with E-state index in [1.807, 2.05) is 12.2 Å². The van der Waals surface area contributed by atoms with Crippen LogP contribution in [-0.2, 0) is 25.8 Å². The smallest absolute Gasteiger partial charge is 0.276 e. The summed E-state index contributed by atoms with van der Waals surface area (Å²) in [5.41, 5.74) is -0.933. The SMILES string of the molecule is O=C1C2CC=CCC2C(=O)N1C1CN(S(=O)(=O)c2ccc(C(F)(F)F)cc2)C1. The summed E-state index contributed by atoms with van der Waals surface area (Å²) in [7, 11) is -3.98. The molecule has 6 nitrogen and oxygen atoms in total. The molecule has 1 aromatic carbocycles. The topological polar surface area (TPSA) is 74.8 Å². The molecule has 0 spiro atoms. The highest BCUT2D eigenvalue weighted by atomic mass is 32.2.